The Kier molecular flexibility index (Phi) is 4.39. The first kappa shape index (κ1) is 14.5. The van der Waals surface area contributed by atoms with Crippen LogP contribution in [-0.4, -0.2) is 57.9 Å². The molecule has 0 spiro atoms. The third-order valence-corrected chi connectivity index (χ3v) is 3.50. The molecule has 1 aliphatic heterocycles. The Hall–Kier alpha value is -1.89. The Morgan fingerprint density at radius 3 is 2.85 bits per heavy atom. The van der Waals surface area contributed by atoms with E-state index in [1.54, 1.807) is 4.90 Å². The minimum absolute atomic E-state index is 0.0173. The van der Waals surface area contributed by atoms with Crippen LogP contribution in [0.15, 0.2) is 0 Å². The summed E-state index contributed by atoms with van der Waals surface area (Å²) < 4.78 is 5.36. The van der Waals surface area contributed by atoms with Crippen LogP contribution in [-0.2, 0) is 20.7 Å². The van der Waals surface area contributed by atoms with Gasteiger partial charge in [-0.2, -0.15) is 5.10 Å². The molecule has 0 bridgehead atoms. The van der Waals surface area contributed by atoms with Gasteiger partial charge < -0.3 is 14.7 Å². The van der Waals surface area contributed by atoms with E-state index in [9.17, 15) is 9.59 Å². The predicted octanol–water partition coefficient (Wildman–Crippen LogP) is 0.271. The van der Waals surface area contributed by atoms with E-state index in [1.165, 1.54) is 0 Å². The molecule has 0 saturated carbocycles. The molecule has 0 aromatic carbocycles. The van der Waals surface area contributed by atoms with Crippen LogP contribution in [0.5, 0.6) is 0 Å². The van der Waals surface area contributed by atoms with Crippen LogP contribution >= 0.6 is 0 Å². The molecule has 7 nitrogen and oxygen atoms in total. The van der Waals surface area contributed by atoms with Gasteiger partial charge in [-0.1, -0.05) is 0 Å². The zero-order valence-corrected chi connectivity index (χ0v) is 11.7. The van der Waals surface area contributed by atoms with Crippen LogP contribution in [0.1, 0.15) is 23.4 Å². The average molecular weight is 281 g/mol. The summed E-state index contributed by atoms with van der Waals surface area (Å²) in [6.45, 7) is 4.97. The number of nitrogens with zero attached hydrogens (tertiary/aromatic N) is 2. The lowest BCUT2D eigenvalue weighted by atomic mass is 10.1. The van der Waals surface area contributed by atoms with E-state index in [2.05, 4.69) is 10.2 Å². The lowest BCUT2D eigenvalue weighted by Gasteiger charge is -2.32. The summed E-state index contributed by atoms with van der Waals surface area (Å²) in [5, 5.41) is 15.7. The van der Waals surface area contributed by atoms with Crippen molar-refractivity contribution < 1.29 is 19.4 Å². The van der Waals surface area contributed by atoms with E-state index in [0.717, 1.165) is 17.0 Å². The second kappa shape index (κ2) is 6.04. The molecule has 110 valence electrons. The highest BCUT2D eigenvalue weighted by molar-refractivity contribution is 5.79. The number of hydrogen-bond donors (Lipinski definition) is 2. The highest BCUT2D eigenvalue weighted by Gasteiger charge is 2.26. The molecular weight excluding hydrogens is 262 g/mol. The second-order valence-electron chi connectivity index (χ2n) is 5.02. The van der Waals surface area contributed by atoms with Crippen LogP contribution < -0.4 is 0 Å². The van der Waals surface area contributed by atoms with Crippen molar-refractivity contribution in [2.45, 2.75) is 32.8 Å². The molecule has 1 aromatic rings. The Labute approximate surface area is 116 Å². The molecule has 1 atom stereocenters. The molecule has 20 heavy (non-hydrogen) atoms. The van der Waals surface area contributed by atoms with E-state index >= 15 is 0 Å². The number of amides is 1. The fraction of sp³-hybridized carbons (Fsp3) is 0.615. The van der Waals surface area contributed by atoms with Crippen molar-refractivity contribution >= 4 is 11.9 Å². The van der Waals surface area contributed by atoms with Crippen molar-refractivity contribution in [2.24, 2.45) is 0 Å². The molecule has 0 radical (unpaired) electrons. The number of morpholine rings is 1. The van der Waals surface area contributed by atoms with Gasteiger partial charge in [0.1, 0.15) is 0 Å². The topological polar surface area (TPSA) is 95.5 Å². The number of carbonyl (C=O) groups excluding carboxylic acids is 1. The minimum atomic E-state index is -0.911. The molecule has 1 unspecified atom stereocenters. The first-order valence-electron chi connectivity index (χ1n) is 6.59. The summed E-state index contributed by atoms with van der Waals surface area (Å²) in [4.78, 5) is 24.6. The lowest BCUT2D eigenvalue weighted by molar-refractivity contribution is -0.147. The van der Waals surface area contributed by atoms with Crippen LogP contribution in [0.3, 0.4) is 0 Å². The predicted molar refractivity (Wildman–Crippen MR) is 70.3 cm³/mol. The first-order chi connectivity index (χ1) is 9.47. The molecule has 7 heteroatoms. The zero-order chi connectivity index (χ0) is 14.7. The molecule has 1 aliphatic rings. The van der Waals surface area contributed by atoms with Gasteiger partial charge in [0.05, 0.1) is 31.2 Å². The van der Waals surface area contributed by atoms with E-state index in [4.69, 9.17) is 9.84 Å². The third-order valence-electron chi connectivity index (χ3n) is 3.50. The van der Waals surface area contributed by atoms with Crippen LogP contribution in [0.25, 0.3) is 0 Å². The summed E-state index contributed by atoms with van der Waals surface area (Å²) in [6.07, 6.45) is -0.210. The molecule has 0 aliphatic carbocycles. The largest absolute Gasteiger partial charge is 0.481 e. The van der Waals surface area contributed by atoms with Gasteiger partial charge in [0.25, 0.3) is 0 Å². The number of rotatable bonds is 4. The van der Waals surface area contributed by atoms with E-state index in [0.29, 0.717) is 19.7 Å². The molecular formula is C13H19N3O4. The molecule has 1 fully saturated rings. The smallest absolute Gasteiger partial charge is 0.306 e. The van der Waals surface area contributed by atoms with Gasteiger partial charge in [-0.25, -0.2) is 0 Å². The third kappa shape index (κ3) is 3.36. The van der Waals surface area contributed by atoms with Crippen LogP contribution in [0.4, 0.5) is 0 Å². The van der Waals surface area contributed by atoms with Gasteiger partial charge in [0.2, 0.25) is 5.91 Å². The van der Waals surface area contributed by atoms with E-state index in [-0.39, 0.29) is 18.7 Å². The van der Waals surface area contributed by atoms with Crippen LogP contribution in [0.2, 0.25) is 0 Å². The second-order valence-corrected chi connectivity index (χ2v) is 5.02. The number of H-pyrrole nitrogens is 1. The summed E-state index contributed by atoms with van der Waals surface area (Å²) in [5.74, 6) is -0.929. The maximum absolute atomic E-state index is 12.3. The van der Waals surface area contributed by atoms with Gasteiger partial charge in [-0.3, -0.25) is 14.7 Å². The molecule has 1 aromatic heterocycles. The number of hydrogen-bond acceptors (Lipinski definition) is 4. The number of carboxylic acid groups (broad SMARTS) is 1. The number of aryl methyl sites for hydroxylation is 2. The SMILES string of the molecule is Cc1n[nH]c(C)c1CC(=O)N1CCOC(CC(=O)O)C1. The average Bonchev–Trinajstić information content (AvgIpc) is 2.70. The van der Waals surface area contributed by atoms with Gasteiger partial charge in [-0.05, 0) is 13.8 Å². The van der Waals surface area contributed by atoms with Gasteiger partial charge in [-0.15, -0.1) is 0 Å². The number of nitrogens with one attached hydrogen (secondary N) is 1. The number of carbonyl (C=O) groups is 2. The molecule has 2 rings (SSSR count). The van der Waals surface area contributed by atoms with E-state index < -0.39 is 12.1 Å². The standard InChI is InChI=1S/C13H19N3O4/c1-8-11(9(2)15-14-8)6-12(17)16-3-4-20-10(7-16)5-13(18)19/h10H,3-7H2,1-2H3,(H,14,15)(H,18,19). The minimum Gasteiger partial charge on any atom is -0.481 e. The number of ether oxygens (including phenoxy) is 1. The number of aliphatic carboxylic acids is 1. The van der Waals surface area contributed by atoms with Crippen molar-refractivity contribution in [3.8, 4) is 0 Å². The quantitative estimate of drug-likeness (QED) is 0.826. The normalized spacial score (nSPS) is 19.1. The Balaban J connectivity index is 1.97. The molecule has 1 amide bonds. The molecule has 2 heterocycles. The highest BCUT2D eigenvalue weighted by Crippen LogP contribution is 2.14. The first-order valence-corrected chi connectivity index (χ1v) is 6.59. The van der Waals surface area contributed by atoms with Crippen molar-refractivity contribution in [3.63, 3.8) is 0 Å². The van der Waals surface area contributed by atoms with E-state index in [1.807, 2.05) is 13.8 Å². The maximum atomic E-state index is 12.3. The maximum Gasteiger partial charge on any atom is 0.306 e. The van der Waals surface area contributed by atoms with Gasteiger partial charge in [0.15, 0.2) is 0 Å². The summed E-state index contributed by atoms with van der Waals surface area (Å²) in [7, 11) is 0. The monoisotopic (exact) mass is 281 g/mol. The molecule has 1 saturated heterocycles. The highest BCUT2D eigenvalue weighted by atomic mass is 16.5. The fourth-order valence-electron chi connectivity index (χ4n) is 2.36. The number of aromatic nitrogens is 2. The van der Waals surface area contributed by atoms with Crippen molar-refractivity contribution in [3.05, 3.63) is 17.0 Å². The Morgan fingerprint density at radius 2 is 2.25 bits per heavy atom. The van der Waals surface area contributed by atoms with Crippen molar-refractivity contribution in [1.82, 2.24) is 15.1 Å². The van der Waals surface area contributed by atoms with Gasteiger partial charge in [0, 0.05) is 24.3 Å². The van der Waals surface area contributed by atoms with Crippen molar-refractivity contribution in [2.75, 3.05) is 19.7 Å². The Morgan fingerprint density at radius 1 is 1.50 bits per heavy atom. The fourth-order valence-corrected chi connectivity index (χ4v) is 2.36. The summed E-state index contributed by atoms with van der Waals surface area (Å²) in [6, 6.07) is 0. The lowest BCUT2D eigenvalue weighted by Crippen LogP contribution is -2.46. The summed E-state index contributed by atoms with van der Waals surface area (Å²) in [5.41, 5.74) is 2.63. The number of aromatic amines is 1. The van der Waals surface area contributed by atoms with Crippen LogP contribution in [0, 0.1) is 13.8 Å². The number of carboxylic acids is 1. The Bertz CT molecular complexity index is 492. The van der Waals surface area contributed by atoms with Crippen molar-refractivity contribution in [1.29, 1.82) is 0 Å². The molecule has 2 N–H and O–H groups in total. The summed E-state index contributed by atoms with van der Waals surface area (Å²) >= 11 is 0. The zero-order valence-electron chi connectivity index (χ0n) is 11.7. The van der Waals surface area contributed by atoms with Gasteiger partial charge >= 0.3 is 5.97 Å².